The number of alkyl halides is 3. The summed E-state index contributed by atoms with van der Waals surface area (Å²) in [5, 5.41) is 2.97. The van der Waals surface area contributed by atoms with Crippen molar-refractivity contribution in [3.05, 3.63) is 28.2 Å². The molecule has 1 N–H and O–H groups in total. The van der Waals surface area contributed by atoms with E-state index in [0.717, 1.165) is 18.9 Å². The van der Waals surface area contributed by atoms with Gasteiger partial charge in [-0.2, -0.15) is 13.2 Å². The second kappa shape index (κ2) is 5.48. The Morgan fingerprint density at radius 1 is 1.22 bits per heavy atom. The molecular formula is C12H13BrF3NO. The minimum atomic E-state index is -4.34. The average molecular weight is 324 g/mol. The molecule has 100 valence electrons. The van der Waals surface area contributed by atoms with Gasteiger partial charge in [-0.3, -0.25) is 0 Å². The first-order valence-electron chi connectivity index (χ1n) is 5.68. The second-order valence-corrected chi connectivity index (χ2v) is 5.13. The summed E-state index contributed by atoms with van der Waals surface area (Å²) in [6, 6.07) is 4.00. The van der Waals surface area contributed by atoms with Gasteiger partial charge < -0.3 is 10.1 Å². The number of ether oxygens (including phenoxy) is 1. The van der Waals surface area contributed by atoms with E-state index in [4.69, 9.17) is 4.74 Å². The smallest absolute Gasteiger partial charge is 0.382 e. The molecule has 1 aromatic carbocycles. The number of halogens is 4. The van der Waals surface area contributed by atoms with Crippen molar-refractivity contribution in [2.24, 2.45) is 0 Å². The van der Waals surface area contributed by atoms with Crippen LogP contribution in [0.4, 0.5) is 18.9 Å². The Hall–Kier alpha value is -0.750. The van der Waals surface area contributed by atoms with E-state index >= 15 is 0 Å². The molecule has 1 saturated heterocycles. The molecular weight excluding hydrogens is 311 g/mol. The first-order chi connectivity index (χ1) is 8.47. The Bertz CT molecular complexity index is 416. The Morgan fingerprint density at radius 3 is 2.50 bits per heavy atom. The summed E-state index contributed by atoms with van der Waals surface area (Å²) in [6.07, 6.45) is -2.89. The van der Waals surface area contributed by atoms with E-state index in [-0.39, 0.29) is 11.7 Å². The fourth-order valence-electron chi connectivity index (χ4n) is 1.94. The minimum Gasteiger partial charge on any atom is -0.382 e. The molecule has 0 amide bonds. The molecule has 2 rings (SSSR count). The van der Waals surface area contributed by atoms with Crippen LogP contribution in [-0.4, -0.2) is 19.3 Å². The van der Waals surface area contributed by atoms with E-state index in [1.165, 1.54) is 12.1 Å². The normalized spacial score (nSPS) is 17.8. The molecule has 1 aromatic rings. The van der Waals surface area contributed by atoms with Crippen LogP contribution in [0.25, 0.3) is 0 Å². The third-order valence-corrected chi connectivity index (χ3v) is 3.36. The Morgan fingerprint density at radius 2 is 1.89 bits per heavy atom. The predicted octanol–water partition coefficient (Wildman–Crippen LogP) is 4.06. The summed E-state index contributed by atoms with van der Waals surface area (Å²) in [6.45, 7) is 1.18. The molecule has 0 saturated carbocycles. The lowest BCUT2D eigenvalue weighted by Crippen LogP contribution is -2.28. The third kappa shape index (κ3) is 3.38. The molecule has 0 aliphatic carbocycles. The molecule has 2 nitrogen and oxygen atoms in total. The lowest BCUT2D eigenvalue weighted by molar-refractivity contribution is -0.137. The summed E-state index contributed by atoms with van der Waals surface area (Å²) in [4.78, 5) is 0. The number of benzene rings is 1. The molecule has 6 heteroatoms. The quantitative estimate of drug-likeness (QED) is 0.886. The highest BCUT2D eigenvalue weighted by molar-refractivity contribution is 9.10. The number of anilines is 1. The van der Waals surface area contributed by atoms with Gasteiger partial charge in [-0.1, -0.05) is 15.9 Å². The predicted molar refractivity (Wildman–Crippen MR) is 66.6 cm³/mol. The highest BCUT2D eigenvalue weighted by Gasteiger charge is 2.34. The van der Waals surface area contributed by atoms with Gasteiger partial charge in [0.25, 0.3) is 0 Å². The van der Waals surface area contributed by atoms with Crippen LogP contribution >= 0.6 is 15.9 Å². The highest BCUT2D eigenvalue weighted by atomic mass is 79.9. The molecule has 1 heterocycles. The van der Waals surface area contributed by atoms with Gasteiger partial charge in [0.15, 0.2) is 0 Å². The molecule has 0 spiro atoms. The summed E-state index contributed by atoms with van der Waals surface area (Å²) in [5.74, 6) is 0. The zero-order valence-corrected chi connectivity index (χ0v) is 11.1. The van der Waals surface area contributed by atoms with Crippen LogP contribution in [0, 0.1) is 0 Å². The van der Waals surface area contributed by atoms with E-state index < -0.39 is 11.7 Å². The van der Waals surface area contributed by atoms with Gasteiger partial charge in [0.2, 0.25) is 0 Å². The zero-order valence-electron chi connectivity index (χ0n) is 9.56. The Kier molecular flexibility index (Phi) is 4.17. The summed E-state index contributed by atoms with van der Waals surface area (Å²) < 4.78 is 44.4. The SMILES string of the molecule is FC(F)(F)c1ccc(Br)cc1NC1CCOCC1. The van der Waals surface area contributed by atoms with Gasteiger partial charge >= 0.3 is 6.18 Å². The van der Waals surface area contributed by atoms with Gasteiger partial charge in [0.05, 0.1) is 5.56 Å². The highest BCUT2D eigenvalue weighted by Crippen LogP contribution is 2.37. The molecule has 0 aromatic heterocycles. The van der Waals surface area contributed by atoms with Crippen molar-refractivity contribution in [2.75, 3.05) is 18.5 Å². The van der Waals surface area contributed by atoms with Crippen molar-refractivity contribution in [1.82, 2.24) is 0 Å². The molecule has 0 unspecified atom stereocenters. The van der Waals surface area contributed by atoms with Crippen molar-refractivity contribution >= 4 is 21.6 Å². The summed E-state index contributed by atoms with van der Waals surface area (Å²) >= 11 is 3.20. The average Bonchev–Trinajstić information content (AvgIpc) is 2.28. The lowest BCUT2D eigenvalue weighted by Gasteiger charge is -2.26. The van der Waals surface area contributed by atoms with Crippen molar-refractivity contribution in [3.8, 4) is 0 Å². The van der Waals surface area contributed by atoms with Crippen LogP contribution in [0.15, 0.2) is 22.7 Å². The Labute approximate surface area is 112 Å². The van der Waals surface area contributed by atoms with Crippen LogP contribution in [-0.2, 0) is 10.9 Å². The van der Waals surface area contributed by atoms with Crippen molar-refractivity contribution < 1.29 is 17.9 Å². The largest absolute Gasteiger partial charge is 0.418 e. The summed E-state index contributed by atoms with van der Waals surface area (Å²) in [5.41, 5.74) is -0.499. The van der Waals surface area contributed by atoms with Gasteiger partial charge in [-0.05, 0) is 31.0 Å². The van der Waals surface area contributed by atoms with Crippen molar-refractivity contribution in [2.45, 2.75) is 25.1 Å². The van der Waals surface area contributed by atoms with Gasteiger partial charge in [-0.15, -0.1) is 0 Å². The van der Waals surface area contributed by atoms with Crippen molar-refractivity contribution in [1.29, 1.82) is 0 Å². The van der Waals surface area contributed by atoms with Crippen molar-refractivity contribution in [3.63, 3.8) is 0 Å². The van der Waals surface area contributed by atoms with Crippen LogP contribution in [0.1, 0.15) is 18.4 Å². The van der Waals surface area contributed by atoms with Gasteiger partial charge in [0, 0.05) is 29.4 Å². The Balaban J connectivity index is 2.21. The molecule has 18 heavy (non-hydrogen) atoms. The third-order valence-electron chi connectivity index (χ3n) is 2.87. The zero-order chi connectivity index (χ0) is 13.2. The molecule has 1 fully saturated rings. The van der Waals surface area contributed by atoms with Crippen LogP contribution < -0.4 is 5.32 Å². The molecule has 1 aliphatic rings. The van der Waals surface area contributed by atoms with Crippen LogP contribution in [0.5, 0.6) is 0 Å². The molecule has 0 atom stereocenters. The molecule has 0 radical (unpaired) electrons. The monoisotopic (exact) mass is 323 g/mol. The standard InChI is InChI=1S/C12H13BrF3NO/c13-8-1-2-10(12(14,15)16)11(7-8)17-9-3-5-18-6-4-9/h1-2,7,9,17H,3-6H2. The van der Waals surface area contributed by atoms with E-state index in [9.17, 15) is 13.2 Å². The molecule has 0 bridgehead atoms. The first kappa shape index (κ1) is 13.7. The van der Waals surface area contributed by atoms with E-state index in [0.29, 0.717) is 17.7 Å². The van der Waals surface area contributed by atoms with E-state index in [1.54, 1.807) is 0 Å². The maximum atomic E-state index is 12.9. The number of nitrogens with one attached hydrogen (secondary N) is 1. The number of rotatable bonds is 2. The fraction of sp³-hybridized carbons (Fsp3) is 0.500. The maximum Gasteiger partial charge on any atom is 0.418 e. The number of hydrogen-bond donors (Lipinski definition) is 1. The topological polar surface area (TPSA) is 21.3 Å². The number of hydrogen-bond acceptors (Lipinski definition) is 2. The second-order valence-electron chi connectivity index (χ2n) is 4.22. The van der Waals surface area contributed by atoms with Gasteiger partial charge in [-0.25, -0.2) is 0 Å². The first-order valence-corrected chi connectivity index (χ1v) is 6.47. The lowest BCUT2D eigenvalue weighted by atomic mass is 10.1. The van der Waals surface area contributed by atoms with E-state index in [1.807, 2.05) is 0 Å². The summed E-state index contributed by atoms with van der Waals surface area (Å²) in [7, 11) is 0. The van der Waals surface area contributed by atoms with E-state index in [2.05, 4.69) is 21.2 Å². The van der Waals surface area contributed by atoms with Gasteiger partial charge in [0.1, 0.15) is 0 Å². The fourth-order valence-corrected chi connectivity index (χ4v) is 2.31. The minimum absolute atomic E-state index is 0.0362. The van der Waals surface area contributed by atoms with Crippen LogP contribution in [0.2, 0.25) is 0 Å². The maximum absolute atomic E-state index is 12.9. The molecule has 1 aliphatic heterocycles. The van der Waals surface area contributed by atoms with Crippen LogP contribution in [0.3, 0.4) is 0 Å².